The molecule has 1 fully saturated rings. The van der Waals surface area contributed by atoms with Gasteiger partial charge in [0.2, 0.25) is 5.91 Å². The van der Waals surface area contributed by atoms with E-state index in [0.717, 1.165) is 19.3 Å². The molecule has 6 heteroatoms. The third kappa shape index (κ3) is 4.21. The third-order valence-corrected chi connectivity index (χ3v) is 3.93. The van der Waals surface area contributed by atoms with Gasteiger partial charge in [0.1, 0.15) is 6.04 Å². The SMILES string of the molecule is CC(NC(=O)Nc1ccccc1)C(=O)N1CCCCC1CN. The van der Waals surface area contributed by atoms with Crippen LogP contribution in [-0.4, -0.2) is 42.0 Å². The Labute approximate surface area is 131 Å². The number of carbonyl (C=O) groups excluding carboxylic acids is 2. The Balaban J connectivity index is 1.89. The summed E-state index contributed by atoms with van der Waals surface area (Å²) in [5.74, 6) is -0.0710. The summed E-state index contributed by atoms with van der Waals surface area (Å²) in [6, 6.07) is 8.26. The Morgan fingerprint density at radius 2 is 2.05 bits per heavy atom. The molecule has 1 saturated heterocycles. The van der Waals surface area contributed by atoms with Gasteiger partial charge in [0.25, 0.3) is 0 Å². The maximum Gasteiger partial charge on any atom is 0.319 e. The van der Waals surface area contributed by atoms with E-state index in [4.69, 9.17) is 5.73 Å². The van der Waals surface area contributed by atoms with Crippen LogP contribution in [0.2, 0.25) is 0 Å². The fourth-order valence-corrected chi connectivity index (χ4v) is 2.73. The highest BCUT2D eigenvalue weighted by molar-refractivity contribution is 5.93. The molecule has 1 aromatic carbocycles. The predicted octanol–water partition coefficient (Wildman–Crippen LogP) is 1.54. The van der Waals surface area contributed by atoms with Crippen molar-refractivity contribution in [2.24, 2.45) is 5.73 Å². The van der Waals surface area contributed by atoms with E-state index in [9.17, 15) is 9.59 Å². The number of likely N-dealkylation sites (tertiary alicyclic amines) is 1. The number of hydrogen-bond donors (Lipinski definition) is 3. The second-order valence-corrected chi connectivity index (χ2v) is 5.60. The van der Waals surface area contributed by atoms with E-state index in [2.05, 4.69) is 10.6 Å². The number of benzene rings is 1. The number of nitrogens with one attached hydrogen (secondary N) is 2. The van der Waals surface area contributed by atoms with Crippen LogP contribution in [0.1, 0.15) is 26.2 Å². The van der Waals surface area contributed by atoms with E-state index in [1.165, 1.54) is 0 Å². The molecule has 0 spiro atoms. The molecule has 0 bridgehead atoms. The van der Waals surface area contributed by atoms with E-state index in [1.54, 1.807) is 24.0 Å². The maximum absolute atomic E-state index is 12.5. The number of nitrogens with zero attached hydrogens (tertiary/aromatic N) is 1. The summed E-state index contributed by atoms with van der Waals surface area (Å²) in [6.45, 7) is 2.89. The number of para-hydroxylation sites is 1. The van der Waals surface area contributed by atoms with Gasteiger partial charge < -0.3 is 21.3 Å². The lowest BCUT2D eigenvalue weighted by atomic mass is 10.0. The molecule has 0 aliphatic carbocycles. The lowest BCUT2D eigenvalue weighted by Gasteiger charge is -2.36. The Morgan fingerprint density at radius 3 is 2.73 bits per heavy atom. The van der Waals surface area contributed by atoms with Crippen molar-refractivity contribution in [1.29, 1.82) is 0 Å². The van der Waals surface area contributed by atoms with Gasteiger partial charge in [-0.2, -0.15) is 0 Å². The molecule has 0 radical (unpaired) electrons. The first-order valence-corrected chi connectivity index (χ1v) is 7.75. The van der Waals surface area contributed by atoms with Crippen molar-refractivity contribution in [2.75, 3.05) is 18.4 Å². The Bertz CT molecular complexity index is 506. The average Bonchev–Trinajstić information content (AvgIpc) is 2.54. The molecule has 4 N–H and O–H groups in total. The molecular weight excluding hydrogens is 280 g/mol. The van der Waals surface area contributed by atoms with Crippen LogP contribution < -0.4 is 16.4 Å². The van der Waals surface area contributed by atoms with E-state index in [1.807, 2.05) is 18.2 Å². The number of carbonyl (C=O) groups is 2. The van der Waals surface area contributed by atoms with E-state index in [-0.39, 0.29) is 18.0 Å². The van der Waals surface area contributed by atoms with E-state index < -0.39 is 6.04 Å². The number of piperidine rings is 1. The van der Waals surface area contributed by atoms with Crippen LogP contribution in [0.4, 0.5) is 10.5 Å². The fraction of sp³-hybridized carbons (Fsp3) is 0.500. The number of hydrogen-bond acceptors (Lipinski definition) is 3. The lowest BCUT2D eigenvalue weighted by molar-refractivity contribution is -0.136. The van der Waals surface area contributed by atoms with Gasteiger partial charge in [0.05, 0.1) is 0 Å². The van der Waals surface area contributed by atoms with Gasteiger partial charge in [0.15, 0.2) is 0 Å². The second-order valence-electron chi connectivity index (χ2n) is 5.60. The first kappa shape index (κ1) is 16.3. The Kier molecular flexibility index (Phi) is 5.77. The summed E-state index contributed by atoms with van der Waals surface area (Å²) in [5.41, 5.74) is 6.43. The van der Waals surface area contributed by atoms with Gasteiger partial charge in [0, 0.05) is 24.8 Å². The molecule has 0 aromatic heterocycles. The molecule has 6 nitrogen and oxygen atoms in total. The van der Waals surface area contributed by atoms with Crippen LogP contribution in [0.15, 0.2) is 30.3 Å². The number of anilines is 1. The molecule has 22 heavy (non-hydrogen) atoms. The molecular formula is C16H24N4O2. The number of rotatable bonds is 4. The van der Waals surface area contributed by atoms with E-state index >= 15 is 0 Å². The third-order valence-electron chi connectivity index (χ3n) is 3.93. The molecule has 2 atom stereocenters. The summed E-state index contributed by atoms with van der Waals surface area (Å²) >= 11 is 0. The van der Waals surface area contributed by atoms with Crippen molar-refractivity contribution in [3.05, 3.63) is 30.3 Å². The summed E-state index contributed by atoms with van der Waals surface area (Å²) < 4.78 is 0. The lowest BCUT2D eigenvalue weighted by Crippen LogP contribution is -2.54. The molecule has 2 unspecified atom stereocenters. The number of urea groups is 1. The highest BCUT2D eigenvalue weighted by atomic mass is 16.2. The minimum absolute atomic E-state index is 0.0710. The Hall–Kier alpha value is -2.08. The van der Waals surface area contributed by atoms with Gasteiger partial charge in [-0.15, -0.1) is 0 Å². The summed E-state index contributed by atoms with van der Waals surface area (Å²) in [4.78, 5) is 26.2. The molecule has 2 rings (SSSR count). The molecule has 3 amide bonds. The smallest absolute Gasteiger partial charge is 0.319 e. The molecule has 0 saturated carbocycles. The number of nitrogens with two attached hydrogens (primary N) is 1. The van der Waals surface area contributed by atoms with Crippen molar-refractivity contribution >= 4 is 17.6 Å². The van der Waals surface area contributed by atoms with Crippen LogP contribution in [0.5, 0.6) is 0 Å². The van der Waals surface area contributed by atoms with Crippen LogP contribution in [-0.2, 0) is 4.79 Å². The molecule has 1 aromatic rings. The van der Waals surface area contributed by atoms with Crippen molar-refractivity contribution in [2.45, 2.75) is 38.3 Å². The highest BCUT2D eigenvalue weighted by Gasteiger charge is 2.29. The topological polar surface area (TPSA) is 87.5 Å². The molecule has 1 aliphatic heterocycles. The zero-order valence-corrected chi connectivity index (χ0v) is 12.9. The molecule has 1 aliphatic rings. The summed E-state index contributed by atoms with van der Waals surface area (Å²) in [7, 11) is 0. The average molecular weight is 304 g/mol. The van der Waals surface area contributed by atoms with Crippen molar-refractivity contribution in [1.82, 2.24) is 10.2 Å². The van der Waals surface area contributed by atoms with Gasteiger partial charge in [-0.05, 0) is 38.3 Å². The minimum atomic E-state index is -0.573. The predicted molar refractivity (Wildman–Crippen MR) is 86.5 cm³/mol. The van der Waals surface area contributed by atoms with Crippen LogP contribution in [0.25, 0.3) is 0 Å². The summed E-state index contributed by atoms with van der Waals surface area (Å²) in [5, 5.41) is 5.40. The normalized spacial score (nSPS) is 19.4. The van der Waals surface area contributed by atoms with Crippen LogP contribution in [0.3, 0.4) is 0 Å². The quantitative estimate of drug-likeness (QED) is 0.788. The van der Waals surface area contributed by atoms with Crippen LogP contribution >= 0.6 is 0 Å². The largest absolute Gasteiger partial charge is 0.337 e. The van der Waals surface area contributed by atoms with Crippen molar-refractivity contribution in [3.63, 3.8) is 0 Å². The van der Waals surface area contributed by atoms with Gasteiger partial charge in [-0.3, -0.25) is 4.79 Å². The maximum atomic E-state index is 12.5. The molecule has 120 valence electrons. The van der Waals surface area contributed by atoms with Gasteiger partial charge in [-0.1, -0.05) is 18.2 Å². The Morgan fingerprint density at radius 1 is 1.32 bits per heavy atom. The van der Waals surface area contributed by atoms with Crippen molar-refractivity contribution in [3.8, 4) is 0 Å². The zero-order chi connectivity index (χ0) is 15.9. The van der Waals surface area contributed by atoms with E-state index in [0.29, 0.717) is 18.8 Å². The first-order valence-electron chi connectivity index (χ1n) is 7.75. The first-order chi connectivity index (χ1) is 10.6. The monoisotopic (exact) mass is 304 g/mol. The summed E-state index contributed by atoms with van der Waals surface area (Å²) in [6.07, 6.45) is 3.03. The van der Waals surface area contributed by atoms with Crippen LogP contribution in [0, 0.1) is 0 Å². The molecule has 1 heterocycles. The highest BCUT2D eigenvalue weighted by Crippen LogP contribution is 2.17. The van der Waals surface area contributed by atoms with Gasteiger partial charge >= 0.3 is 6.03 Å². The van der Waals surface area contributed by atoms with Gasteiger partial charge in [-0.25, -0.2) is 4.79 Å². The van der Waals surface area contributed by atoms with Crippen molar-refractivity contribution < 1.29 is 9.59 Å². The fourth-order valence-electron chi connectivity index (χ4n) is 2.73. The second kappa shape index (κ2) is 7.79. The number of amides is 3. The minimum Gasteiger partial charge on any atom is -0.337 e. The standard InChI is InChI=1S/C16H24N4O2/c1-12(15(21)20-10-6-5-9-14(20)11-17)18-16(22)19-13-7-3-2-4-8-13/h2-4,7-8,12,14H,5-6,9-11,17H2,1H3,(H2,18,19,22). The zero-order valence-electron chi connectivity index (χ0n) is 12.9.